The molecule has 1 heterocycles. The van der Waals surface area contributed by atoms with Gasteiger partial charge in [-0.25, -0.2) is 4.98 Å². The molecule has 0 aliphatic heterocycles. The summed E-state index contributed by atoms with van der Waals surface area (Å²) in [4.78, 5) is 4.62. The van der Waals surface area contributed by atoms with Gasteiger partial charge in [0.2, 0.25) is 0 Å². The van der Waals surface area contributed by atoms with Crippen molar-refractivity contribution in [2.45, 2.75) is 25.8 Å². The lowest BCUT2D eigenvalue weighted by molar-refractivity contribution is 0.621. The van der Waals surface area contributed by atoms with E-state index in [0.29, 0.717) is 0 Å². The molecule has 2 aromatic rings. The topological polar surface area (TPSA) is 38.9 Å². The van der Waals surface area contributed by atoms with Gasteiger partial charge >= 0.3 is 0 Å². The Hall–Kier alpha value is -0.930. The van der Waals surface area contributed by atoms with Crippen LogP contribution < -0.4 is 5.73 Å². The van der Waals surface area contributed by atoms with E-state index in [1.54, 1.807) is 0 Å². The summed E-state index contributed by atoms with van der Waals surface area (Å²) in [6, 6.07) is 10.2. The third-order valence-corrected chi connectivity index (χ3v) is 3.29. The normalized spacial score (nSPS) is 12.9. The molecule has 16 heavy (non-hydrogen) atoms. The molecular weight excluding hydrogens is 264 g/mol. The molecule has 3 heteroatoms. The highest BCUT2D eigenvalue weighted by Gasteiger charge is 2.11. The van der Waals surface area contributed by atoms with Gasteiger partial charge in [-0.1, -0.05) is 31.5 Å². The molecule has 1 unspecified atom stereocenters. The average molecular weight is 279 g/mol. The van der Waals surface area contributed by atoms with Crippen LogP contribution in [0.5, 0.6) is 0 Å². The van der Waals surface area contributed by atoms with Crippen molar-refractivity contribution in [3.05, 3.63) is 40.5 Å². The van der Waals surface area contributed by atoms with Gasteiger partial charge in [-0.3, -0.25) is 0 Å². The van der Waals surface area contributed by atoms with Crippen LogP contribution in [-0.2, 0) is 0 Å². The fourth-order valence-electron chi connectivity index (χ4n) is 1.81. The Balaban J connectivity index is 2.49. The van der Waals surface area contributed by atoms with E-state index in [1.165, 1.54) is 0 Å². The van der Waals surface area contributed by atoms with Gasteiger partial charge in [0.25, 0.3) is 0 Å². The number of nitrogens with zero attached hydrogens (tertiary/aromatic N) is 1. The monoisotopic (exact) mass is 278 g/mol. The number of hydrogen-bond acceptors (Lipinski definition) is 2. The van der Waals surface area contributed by atoms with Crippen LogP contribution in [0, 0.1) is 0 Å². The predicted octanol–water partition coefficient (Wildman–Crippen LogP) is 3.80. The second kappa shape index (κ2) is 4.93. The molecule has 0 amide bonds. The van der Waals surface area contributed by atoms with Crippen LogP contribution in [0.4, 0.5) is 0 Å². The summed E-state index contributed by atoms with van der Waals surface area (Å²) in [6.07, 6.45) is 2.03. The number of rotatable bonds is 3. The molecule has 84 valence electrons. The maximum absolute atomic E-state index is 6.10. The Kier molecular flexibility index (Phi) is 3.56. The predicted molar refractivity (Wildman–Crippen MR) is 71.3 cm³/mol. The van der Waals surface area contributed by atoms with E-state index in [4.69, 9.17) is 5.73 Å². The van der Waals surface area contributed by atoms with Crippen molar-refractivity contribution in [3.8, 4) is 0 Å². The van der Waals surface area contributed by atoms with Crippen LogP contribution in [0.3, 0.4) is 0 Å². The first-order chi connectivity index (χ1) is 7.72. The second-order valence-corrected chi connectivity index (χ2v) is 4.80. The minimum atomic E-state index is 0.0176. The van der Waals surface area contributed by atoms with Gasteiger partial charge in [0, 0.05) is 15.9 Å². The summed E-state index contributed by atoms with van der Waals surface area (Å²) in [7, 11) is 0. The molecule has 0 aliphatic rings. The van der Waals surface area contributed by atoms with Crippen molar-refractivity contribution in [1.82, 2.24) is 4.98 Å². The standard InChI is InChI=1S/C13H15BrN2/c1-2-5-11(15)13-10(14)8-9-6-3-4-7-12(9)16-13/h3-4,6-8,11H,2,5,15H2,1H3. The first-order valence-electron chi connectivity index (χ1n) is 5.53. The van der Waals surface area contributed by atoms with E-state index in [-0.39, 0.29) is 6.04 Å². The maximum Gasteiger partial charge on any atom is 0.0720 e. The van der Waals surface area contributed by atoms with Crippen LogP contribution in [0.25, 0.3) is 10.9 Å². The molecule has 2 N–H and O–H groups in total. The summed E-state index contributed by atoms with van der Waals surface area (Å²) in [5, 5.41) is 1.14. The first-order valence-corrected chi connectivity index (χ1v) is 6.32. The zero-order valence-electron chi connectivity index (χ0n) is 9.28. The van der Waals surface area contributed by atoms with E-state index < -0.39 is 0 Å². The zero-order chi connectivity index (χ0) is 11.5. The summed E-state index contributed by atoms with van der Waals surface area (Å²) in [5.41, 5.74) is 8.07. The van der Waals surface area contributed by atoms with Crippen LogP contribution in [-0.4, -0.2) is 4.98 Å². The zero-order valence-corrected chi connectivity index (χ0v) is 10.9. The summed E-state index contributed by atoms with van der Waals surface area (Å²) in [6.45, 7) is 2.13. The number of hydrogen-bond donors (Lipinski definition) is 1. The van der Waals surface area contributed by atoms with Crippen LogP contribution >= 0.6 is 15.9 Å². The Morgan fingerprint density at radius 1 is 1.38 bits per heavy atom. The number of aromatic nitrogens is 1. The number of nitrogens with two attached hydrogens (primary N) is 1. The average Bonchev–Trinajstić information content (AvgIpc) is 2.28. The SMILES string of the molecule is CCCC(N)c1nc2ccccc2cc1Br. The molecule has 0 radical (unpaired) electrons. The highest BCUT2D eigenvalue weighted by atomic mass is 79.9. The fraction of sp³-hybridized carbons (Fsp3) is 0.308. The van der Waals surface area contributed by atoms with Gasteiger partial charge in [-0.15, -0.1) is 0 Å². The van der Waals surface area contributed by atoms with Crippen molar-refractivity contribution in [1.29, 1.82) is 0 Å². The smallest absolute Gasteiger partial charge is 0.0720 e. The molecule has 0 saturated carbocycles. The summed E-state index contributed by atoms with van der Waals surface area (Å²) in [5.74, 6) is 0. The lowest BCUT2D eigenvalue weighted by atomic mass is 10.1. The highest BCUT2D eigenvalue weighted by Crippen LogP contribution is 2.26. The van der Waals surface area contributed by atoms with Crippen molar-refractivity contribution in [2.24, 2.45) is 5.73 Å². The van der Waals surface area contributed by atoms with Crippen molar-refractivity contribution < 1.29 is 0 Å². The van der Waals surface area contributed by atoms with E-state index in [1.807, 2.05) is 18.2 Å². The molecule has 1 aromatic heterocycles. The number of fused-ring (bicyclic) bond motifs is 1. The minimum Gasteiger partial charge on any atom is -0.323 e. The Labute approximate surface area is 104 Å². The Morgan fingerprint density at radius 3 is 2.88 bits per heavy atom. The molecule has 0 bridgehead atoms. The van der Waals surface area contributed by atoms with Gasteiger partial charge in [-0.2, -0.15) is 0 Å². The lowest BCUT2D eigenvalue weighted by Gasteiger charge is -2.12. The third kappa shape index (κ3) is 2.25. The Bertz CT molecular complexity index is 496. The number of benzene rings is 1. The number of halogens is 1. The third-order valence-electron chi connectivity index (χ3n) is 2.66. The van der Waals surface area contributed by atoms with E-state index in [9.17, 15) is 0 Å². The van der Waals surface area contributed by atoms with Crippen molar-refractivity contribution >= 4 is 26.8 Å². The fourth-order valence-corrected chi connectivity index (χ4v) is 2.44. The quantitative estimate of drug-likeness (QED) is 0.928. The molecule has 2 rings (SSSR count). The summed E-state index contributed by atoms with van der Waals surface area (Å²) >= 11 is 3.55. The molecule has 0 saturated heterocycles. The molecule has 1 atom stereocenters. The molecule has 2 nitrogen and oxygen atoms in total. The van der Waals surface area contributed by atoms with Crippen molar-refractivity contribution in [3.63, 3.8) is 0 Å². The van der Waals surface area contributed by atoms with Crippen LogP contribution in [0.1, 0.15) is 31.5 Å². The van der Waals surface area contributed by atoms with Crippen LogP contribution in [0.15, 0.2) is 34.8 Å². The van der Waals surface area contributed by atoms with E-state index in [2.05, 4.69) is 40.0 Å². The van der Waals surface area contributed by atoms with Gasteiger partial charge in [-0.05, 0) is 34.5 Å². The van der Waals surface area contributed by atoms with E-state index >= 15 is 0 Å². The second-order valence-electron chi connectivity index (χ2n) is 3.94. The summed E-state index contributed by atoms with van der Waals surface area (Å²) < 4.78 is 1.01. The largest absolute Gasteiger partial charge is 0.323 e. The Morgan fingerprint density at radius 2 is 2.12 bits per heavy atom. The number of para-hydroxylation sites is 1. The highest BCUT2D eigenvalue weighted by molar-refractivity contribution is 9.10. The molecular formula is C13H15BrN2. The number of pyridine rings is 1. The van der Waals surface area contributed by atoms with E-state index in [0.717, 1.165) is 33.9 Å². The van der Waals surface area contributed by atoms with Crippen molar-refractivity contribution in [2.75, 3.05) is 0 Å². The van der Waals surface area contributed by atoms with Gasteiger partial charge in [0.1, 0.15) is 0 Å². The molecule has 0 fully saturated rings. The van der Waals surface area contributed by atoms with Gasteiger partial charge < -0.3 is 5.73 Å². The minimum absolute atomic E-state index is 0.0176. The molecule has 1 aromatic carbocycles. The first kappa shape index (κ1) is 11.6. The van der Waals surface area contributed by atoms with Crippen LogP contribution in [0.2, 0.25) is 0 Å². The maximum atomic E-state index is 6.10. The van der Waals surface area contributed by atoms with Gasteiger partial charge in [0.05, 0.1) is 11.2 Å². The van der Waals surface area contributed by atoms with Gasteiger partial charge in [0.15, 0.2) is 0 Å². The molecule has 0 aliphatic carbocycles. The lowest BCUT2D eigenvalue weighted by Crippen LogP contribution is -2.12. The molecule has 0 spiro atoms.